The molecular weight excluding hydrogens is 422 g/mol. The van der Waals surface area contributed by atoms with E-state index >= 15 is 0 Å². The van der Waals surface area contributed by atoms with Crippen molar-refractivity contribution < 1.29 is 23.8 Å². The Hall–Kier alpha value is -3.16. The number of H-pyrrole nitrogens is 1. The van der Waals surface area contributed by atoms with Crippen molar-refractivity contribution in [2.75, 3.05) is 26.1 Å². The molecule has 2 N–H and O–H groups in total. The highest BCUT2D eigenvalue weighted by molar-refractivity contribution is 5.91. The van der Waals surface area contributed by atoms with Crippen molar-refractivity contribution in [3.05, 3.63) is 40.7 Å². The van der Waals surface area contributed by atoms with Gasteiger partial charge in [0.15, 0.2) is 11.5 Å². The van der Waals surface area contributed by atoms with Crippen LogP contribution in [-0.2, 0) is 11.3 Å². The molecule has 1 aromatic heterocycles. The van der Waals surface area contributed by atoms with Crippen LogP contribution in [0.15, 0.2) is 18.2 Å². The fourth-order valence-corrected chi connectivity index (χ4v) is 4.47. The van der Waals surface area contributed by atoms with Crippen molar-refractivity contribution in [1.29, 1.82) is 0 Å². The van der Waals surface area contributed by atoms with Gasteiger partial charge in [-0.25, -0.2) is 9.59 Å². The van der Waals surface area contributed by atoms with Crippen LogP contribution in [0.5, 0.6) is 11.5 Å². The van der Waals surface area contributed by atoms with Gasteiger partial charge in [0, 0.05) is 30.0 Å². The Kier molecular flexibility index (Phi) is 8.25. The molecule has 0 aliphatic heterocycles. The van der Waals surface area contributed by atoms with Crippen LogP contribution in [-0.4, -0.2) is 48.8 Å². The molecule has 1 fully saturated rings. The lowest BCUT2D eigenvalue weighted by atomic mass is 9.93. The summed E-state index contributed by atoms with van der Waals surface area (Å²) in [5.41, 5.74) is 3.73. The lowest BCUT2D eigenvalue weighted by Gasteiger charge is -2.34. The van der Waals surface area contributed by atoms with Gasteiger partial charge in [-0.2, -0.15) is 0 Å². The van der Waals surface area contributed by atoms with E-state index < -0.39 is 0 Å². The molecule has 8 heteroatoms. The zero-order valence-electron chi connectivity index (χ0n) is 20.2. The molecule has 2 aromatic rings. The largest absolute Gasteiger partial charge is 0.493 e. The molecule has 0 radical (unpaired) electrons. The highest BCUT2D eigenvalue weighted by atomic mass is 16.5. The van der Waals surface area contributed by atoms with Crippen molar-refractivity contribution >= 4 is 17.7 Å². The number of rotatable bonds is 8. The Bertz CT molecular complexity index is 979. The van der Waals surface area contributed by atoms with Gasteiger partial charge in [0.05, 0.1) is 20.8 Å². The van der Waals surface area contributed by atoms with Gasteiger partial charge in [0.25, 0.3) is 0 Å². The normalized spacial score (nSPS) is 14.0. The van der Waals surface area contributed by atoms with Gasteiger partial charge in [0.1, 0.15) is 5.69 Å². The number of hydrogen-bond acceptors (Lipinski definition) is 5. The molecule has 0 saturated heterocycles. The third-order valence-electron chi connectivity index (χ3n) is 6.31. The van der Waals surface area contributed by atoms with E-state index in [-0.39, 0.29) is 18.0 Å². The molecule has 1 saturated carbocycles. The summed E-state index contributed by atoms with van der Waals surface area (Å²) >= 11 is 0. The quantitative estimate of drug-likeness (QED) is 0.532. The Morgan fingerprint density at radius 2 is 1.79 bits per heavy atom. The maximum absolute atomic E-state index is 13.5. The minimum atomic E-state index is -0.372. The van der Waals surface area contributed by atoms with Crippen molar-refractivity contribution in [1.82, 2.24) is 9.88 Å². The molecule has 3 rings (SSSR count). The number of aromatic amines is 1. The Labute approximate surface area is 195 Å². The highest BCUT2D eigenvalue weighted by Gasteiger charge is 2.28. The first-order chi connectivity index (χ1) is 15.9. The first-order valence-electron chi connectivity index (χ1n) is 11.5. The van der Waals surface area contributed by atoms with Crippen molar-refractivity contribution in [2.24, 2.45) is 0 Å². The first-order valence-corrected chi connectivity index (χ1v) is 11.5. The highest BCUT2D eigenvalue weighted by Crippen LogP contribution is 2.31. The van der Waals surface area contributed by atoms with Gasteiger partial charge in [-0.05, 0) is 56.9 Å². The molecule has 1 aliphatic rings. The molecule has 1 heterocycles. The predicted molar refractivity (Wildman–Crippen MR) is 127 cm³/mol. The molecular formula is C25H35N3O5. The minimum Gasteiger partial charge on any atom is -0.493 e. The molecule has 2 amide bonds. The second kappa shape index (κ2) is 11.1. The molecule has 0 atom stereocenters. The van der Waals surface area contributed by atoms with E-state index in [9.17, 15) is 9.59 Å². The average Bonchev–Trinajstić information content (AvgIpc) is 3.11. The van der Waals surface area contributed by atoms with Crippen molar-refractivity contribution in [3.8, 4) is 11.5 Å². The number of aromatic nitrogens is 1. The Morgan fingerprint density at radius 1 is 1.09 bits per heavy atom. The fraction of sp³-hybridized carbons (Fsp3) is 0.520. The standard InChI is InChI=1S/C25H35N3O5/c1-6-33-24(29)23-16(2)20(17(3)26-23)15-28(19-10-8-7-9-11-19)25(30)27-18-12-13-21(31-4)22(14-18)32-5/h12-14,19,26H,6-11,15H2,1-5H3,(H,27,30). The number of aryl methyl sites for hydroxylation is 1. The smallest absolute Gasteiger partial charge is 0.355 e. The number of urea groups is 1. The number of esters is 1. The summed E-state index contributed by atoms with van der Waals surface area (Å²) in [4.78, 5) is 30.9. The monoisotopic (exact) mass is 457 g/mol. The number of amides is 2. The third kappa shape index (κ3) is 5.61. The zero-order valence-corrected chi connectivity index (χ0v) is 20.2. The number of hydrogen-bond donors (Lipinski definition) is 2. The van der Waals surface area contributed by atoms with E-state index in [1.807, 2.05) is 18.7 Å². The number of methoxy groups -OCH3 is 2. The van der Waals surface area contributed by atoms with Crippen LogP contribution >= 0.6 is 0 Å². The van der Waals surface area contributed by atoms with Crippen LogP contribution < -0.4 is 14.8 Å². The molecule has 33 heavy (non-hydrogen) atoms. The van der Waals surface area contributed by atoms with E-state index in [0.29, 0.717) is 36.0 Å². The number of nitrogens with zero attached hydrogens (tertiary/aromatic N) is 1. The van der Waals surface area contributed by atoms with E-state index in [1.54, 1.807) is 39.3 Å². The SMILES string of the molecule is CCOC(=O)c1[nH]c(C)c(CN(C(=O)Nc2ccc(OC)c(OC)c2)C2CCCCC2)c1C. The van der Waals surface area contributed by atoms with Crippen LogP contribution in [0.1, 0.15) is 66.3 Å². The van der Waals surface area contributed by atoms with E-state index in [0.717, 1.165) is 42.5 Å². The van der Waals surface area contributed by atoms with Crippen LogP contribution in [0.4, 0.5) is 10.5 Å². The number of benzene rings is 1. The van der Waals surface area contributed by atoms with Crippen LogP contribution in [0.3, 0.4) is 0 Å². The summed E-state index contributed by atoms with van der Waals surface area (Å²) in [6.45, 7) is 6.34. The lowest BCUT2D eigenvalue weighted by Crippen LogP contribution is -2.43. The van der Waals surface area contributed by atoms with E-state index in [2.05, 4.69) is 10.3 Å². The van der Waals surface area contributed by atoms with Gasteiger partial charge in [-0.15, -0.1) is 0 Å². The molecule has 8 nitrogen and oxygen atoms in total. The Balaban J connectivity index is 1.87. The second-order valence-corrected chi connectivity index (χ2v) is 8.37. The van der Waals surface area contributed by atoms with E-state index in [1.165, 1.54) is 6.42 Å². The summed E-state index contributed by atoms with van der Waals surface area (Å²) in [6.07, 6.45) is 5.32. The summed E-state index contributed by atoms with van der Waals surface area (Å²) in [5.74, 6) is 0.781. The molecule has 1 aromatic carbocycles. The van der Waals surface area contributed by atoms with Crippen LogP contribution in [0, 0.1) is 13.8 Å². The Morgan fingerprint density at radius 3 is 2.42 bits per heavy atom. The third-order valence-corrected chi connectivity index (χ3v) is 6.31. The fourth-order valence-electron chi connectivity index (χ4n) is 4.47. The minimum absolute atomic E-state index is 0.138. The average molecular weight is 458 g/mol. The number of carbonyl (C=O) groups is 2. The summed E-state index contributed by atoms with van der Waals surface area (Å²) in [5, 5.41) is 3.02. The first kappa shape index (κ1) is 24.5. The summed E-state index contributed by atoms with van der Waals surface area (Å²) in [6, 6.07) is 5.28. The lowest BCUT2D eigenvalue weighted by molar-refractivity contribution is 0.0519. The maximum atomic E-state index is 13.5. The second-order valence-electron chi connectivity index (χ2n) is 8.37. The number of anilines is 1. The van der Waals surface area contributed by atoms with Crippen molar-refractivity contribution in [3.63, 3.8) is 0 Å². The predicted octanol–water partition coefficient (Wildman–Crippen LogP) is 5.19. The number of carbonyl (C=O) groups excluding carboxylic acids is 2. The molecule has 0 bridgehead atoms. The topological polar surface area (TPSA) is 92.9 Å². The number of ether oxygens (including phenoxy) is 3. The maximum Gasteiger partial charge on any atom is 0.355 e. The van der Waals surface area contributed by atoms with Gasteiger partial charge >= 0.3 is 12.0 Å². The molecule has 180 valence electrons. The van der Waals surface area contributed by atoms with Gasteiger partial charge < -0.3 is 29.4 Å². The van der Waals surface area contributed by atoms with Gasteiger partial charge in [0.2, 0.25) is 0 Å². The van der Waals surface area contributed by atoms with Gasteiger partial charge in [-0.1, -0.05) is 19.3 Å². The number of nitrogens with one attached hydrogen (secondary N) is 2. The van der Waals surface area contributed by atoms with Crippen LogP contribution in [0.2, 0.25) is 0 Å². The molecule has 0 unspecified atom stereocenters. The van der Waals surface area contributed by atoms with Crippen molar-refractivity contribution in [2.45, 2.75) is 65.5 Å². The van der Waals surface area contributed by atoms with E-state index in [4.69, 9.17) is 14.2 Å². The van der Waals surface area contributed by atoms with Gasteiger partial charge in [-0.3, -0.25) is 0 Å². The summed E-state index contributed by atoms with van der Waals surface area (Å²) < 4.78 is 15.8. The summed E-state index contributed by atoms with van der Waals surface area (Å²) in [7, 11) is 3.14. The molecule has 1 aliphatic carbocycles. The molecule has 0 spiro atoms. The van der Waals surface area contributed by atoms with Crippen LogP contribution in [0.25, 0.3) is 0 Å². The zero-order chi connectivity index (χ0) is 24.0.